The second kappa shape index (κ2) is 10.5. The van der Waals surface area contributed by atoms with Crippen molar-refractivity contribution >= 4 is 17.9 Å². The molecule has 5 nitrogen and oxygen atoms in total. The lowest BCUT2D eigenvalue weighted by molar-refractivity contribution is -0.140. The minimum atomic E-state index is -0.399. The molecule has 7 rings (SSSR count). The molecule has 3 saturated carbocycles. The lowest BCUT2D eigenvalue weighted by Crippen LogP contribution is -2.53. The van der Waals surface area contributed by atoms with Crippen LogP contribution in [0, 0.1) is 46.8 Å². The fraction of sp³-hybridized carbons (Fsp3) is 0.703. The molecular weight excluding hydrogens is 522 g/mol. The van der Waals surface area contributed by atoms with Gasteiger partial charge in [-0.2, -0.15) is 0 Å². The van der Waals surface area contributed by atoms with Gasteiger partial charge in [0.2, 0.25) is 0 Å². The van der Waals surface area contributed by atoms with Gasteiger partial charge in [-0.05, 0) is 93.3 Å². The molecule has 0 radical (unpaired) electrons. The smallest absolute Gasteiger partial charge is 0.176 e. The van der Waals surface area contributed by atoms with Crippen LogP contribution in [0.15, 0.2) is 41.5 Å². The van der Waals surface area contributed by atoms with Gasteiger partial charge in [-0.25, -0.2) is 0 Å². The molecule has 1 aromatic rings. The number of ketones is 2. The first-order chi connectivity index (χ1) is 20.1. The zero-order chi connectivity index (χ0) is 29.4. The Morgan fingerprint density at radius 2 is 1.90 bits per heavy atom. The number of hydrogen-bond acceptors (Lipinski definition) is 5. The van der Waals surface area contributed by atoms with Gasteiger partial charge in [-0.3, -0.25) is 14.5 Å². The van der Waals surface area contributed by atoms with E-state index < -0.39 is 5.92 Å². The molecule has 42 heavy (non-hydrogen) atoms. The number of likely N-dealkylation sites (tertiary alicyclic amines) is 1. The van der Waals surface area contributed by atoms with Crippen molar-refractivity contribution in [3.8, 4) is 0 Å². The van der Waals surface area contributed by atoms with E-state index in [2.05, 4.69) is 32.6 Å². The monoisotopic (exact) mass is 571 g/mol. The molecule has 1 unspecified atom stereocenters. The molecule has 4 aliphatic carbocycles. The molecule has 2 heterocycles. The summed E-state index contributed by atoms with van der Waals surface area (Å²) < 4.78 is 7.23. The molecule has 1 spiro atoms. The Kier molecular flexibility index (Phi) is 7.17. The van der Waals surface area contributed by atoms with Crippen molar-refractivity contribution in [2.45, 2.75) is 103 Å². The summed E-state index contributed by atoms with van der Waals surface area (Å²) in [5, 5.41) is 0. The fourth-order valence-corrected chi connectivity index (χ4v) is 11.3. The third kappa shape index (κ3) is 4.43. The van der Waals surface area contributed by atoms with Crippen LogP contribution in [-0.4, -0.2) is 53.6 Å². The summed E-state index contributed by atoms with van der Waals surface area (Å²) in [6, 6.07) is 10.0. The van der Waals surface area contributed by atoms with E-state index in [0.717, 1.165) is 56.9 Å². The number of rotatable bonds is 4. The highest BCUT2D eigenvalue weighted by Gasteiger charge is 2.61. The van der Waals surface area contributed by atoms with Crippen LogP contribution in [-0.2, 0) is 14.3 Å². The summed E-state index contributed by atoms with van der Waals surface area (Å²) in [7, 11) is 0. The number of benzene rings is 1. The van der Waals surface area contributed by atoms with Crippen molar-refractivity contribution in [3.63, 3.8) is 0 Å². The number of carbonyl (C=O) groups is 3. The van der Waals surface area contributed by atoms with Crippen LogP contribution in [0.1, 0.15) is 95.8 Å². The van der Waals surface area contributed by atoms with Crippen molar-refractivity contribution in [1.29, 1.82) is 0 Å². The van der Waals surface area contributed by atoms with E-state index in [1.54, 1.807) is 5.57 Å². The molecule has 0 N–H and O–H groups in total. The van der Waals surface area contributed by atoms with Crippen LogP contribution >= 0.6 is 0 Å². The lowest BCUT2D eigenvalue weighted by Gasteiger charge is -2.53. The second-order valence-electron chi connectivity index (χ2n) is 15.6. The molecular formula is C37H49NO4. The highest BCUT2D eigenvalue weighted by molar-refractivity contribution is 5.97. The van der Waals surface area contributed by atoms with Gasteiger partial charge < -0.3 is 9.53 Å². The summed E-state index contributed by atoms with van der Waals surface area (Å²) in [5.41, 5.74) is 3.95. The second-order valence-corrected chi connectivity index (χ2v) is 15.6. The van der Waals surface area contributed by atoms with Gasteiger partial charge >= 0.3 is 0 Å². The number of nitrogens with zero attached hydrogens (tertiary/aromatic N) is 1. The number of Topliss-reactive ketones (excluding diaryl/α,β-unsaturated/α-hetero) is 2. The molecule has 5 fully saturated rings. The Morgan fingerprint density at radius 1 is 1.12 bits per heavy atom. The maximum absolute atomic E-state index is 13.3. The molecule has 0 aromatic heterocycles. The summed E-state index contributed by atoms with van der Waals surface area (Å²) in [5.74, 6) is 3.15. The third-order valence-electron chi connectivity index (χ3n) is 13.4. The van der Waals surface area contributed by atoms with Crippen LogP contribution in [0.5, 0.6) is 0 Å². The Morgan fingerprint density at radius 3 is 2.67 bits per heavy atom. The zero-order valence-corrected chi connectivity index (χ0v) is 26.0. The molecule has 5 heteroatoms. The van der Waals surface area contributed by atoms with Crippen LogP contribution in [0.3, 0.4) is 0 Å². The number of aldehydes is 1. The molecule has 6 aliphatic rings. The Balaban J connectivity index is 1.13. The first kappa shape index (κ1) is 28.6. The van der Waals surface area contributed by atoms with Gasteiger partial charge in [0.1, 0.15) is 12.1 Å². The van der Waals surface area contributed by atoms with E-state index in [1.807, 2.05) is 30.3 Å². The first-order valence-electron chi connectivity index (χ1n) is 16.8. The highest BCUT2D eigenvalue weighted by Crippen LogP contribution is 2.65. The normalized spacial score (nSPS) is 45.1. The number of hydrogen-bond donors (Lipinski definition) is 0. The van der Waals surface area contributed by atoms with Gasteiger partial charge in [0.15, 0.2) is 5.78 Å². The van der Waals surface area contributed by atoms with Crippen LogP contribution in [0.25, 0.3) is 0 Å². The van der Waals surface area contributed by atoms with Gasteiger partial charge in [0, 0.05) is 30.5 Å². The topological polar surface area (TPSA) is 63.7 Å². The maximum atomic E-state index is 13.3. The van der Waals surface area contributed by atoms with E-state index in [1.165, 1.54) is 18.4 Å². The number of allylic oxidation sites excluding steroid dienone is 1. The van der Waals surface area contributed by atoms with Gasteiger partial charge in [-0.1, -0.05) is 62.2 Å². The minimum Gasteiger partial charge on any atom is -0.369 e. The molecule has 226 valence electrons. The molecule has 2 aliphatic heterocycles. The zero-order valence-electron chi connectivity index (χ0n) is 26.0. The number of ether oxygens (including phenoxy) is 1. The van der Waals surface area contributed by atoms with Crippen molar-refractivity contribution < 1.29 is 19.1 Å². The Labute approximate surface area is 251 Å². The molecule has 0 amide bonds. The summed E-state index contributed by atoms with van der Waals surface area (Å²) in [6.45, 7) is 10.9. The maximum Gasteiger partial charge on any atom is 0.176 e. The van der Waals surface area contributed by atoms with E-state index in [-0.39, 0.29) is 34.7 Å². The molecule has 0 bridgehead atoms. The van der Waals surface area contributed by atoms with E-state index >= 15 is 0 Å². The summed E-state index contributed by atoms with van der Waals surface area (Å²) in [4.78, 5) is 40.2. The summed E-state index contributed by atoms with van der Waals surface area (Å²) in [6.07, 6.45) is 10.3. The molecule has 1 aromatic carbocycles. The van der Waals surface area contributed by atoms with Crippen molar-refractivity contribution in [2.24, 2.45) is 46.8 Å². The van der Waals surface area contributed by atoms with Crippen molar-refractivity contribution in [3.05, 3.63) is 47.0 Å². The predicted molar refractivity (Wildman–Crippen MR) is 163 cm³/mol. The van der Waals surface area contributed by atoms with Crippen LogP contribution < -0.4 is 0 Å². The minimum absolute atomic E-state index is 0.0909. The van der Waals surface area contributed by atoms with Gasteiger partial charge in [0.05, 0.1) is 24.2 Å². The van der Waals surface area contributed by atoms with Gasteiger partial charge in [0.25, 0.3) is 0 Å². The first-order valence-corrected chi connectivity index (χ1v) is 16.8. The number of carbonyl (C=O) groups excluding carboxylic acids is 3. The summed E-state index contributed by atoms with van der Waals surface area (Å²) >= 11 is 0. The predicted octanol–water partition coefficient (Wildman–Crippen LogP) is 6.70. The standard InChI is InChI=1S/C37H49NO4/c1-22-14-34-35(38(19-22)20-33(41)25-8-6-5-7-9-25)24(3)37(42-34)13-12-28-29-11-10-27-15-32(40)26(21-39)18-36(27,4)31(29)16-30(28)23(2)17-37/h5-9,21-22,24,26-29,31,34-35H,10-20H2,1-4H3/t22-,24+,26?,27+,28-,29-,31-,34+,35-,36-,37-/m0/s1. The third-order valence-corrected chi connectivity index (χ3v) is 13.4. The van der Waals surface area contributed by atoms with E-state index in [4.69, 9.17) is 4.74 Å². The Bertz CT molecular complexity index is 1290. The average Bonchev–Trinajstić information content (AvgIpc) is 3.43. The van der Waals surface area contributed by atoms with Crippen LogP contribution in [0.2, 0.25) is 0 Å². The quantitative estimate of drug-likeness (QED) is 0.174. The Hall–Kier alpha value is -2.11. The lowest BCUT2D eigenvalue weighted by atomic mass is 9.51. The highest BCUT2D eigenvalue weighted by atomic mass is 16.5. The molecule has 2 saturated heterocycles. The largest absolute Gasteiger partial charge is 0.369 e. The average molecular weight is 572 g/mol. The fourth-order valence-electron chi connectivity index (χ4n) is 11.3. The van der Waals surface area contributed by atoms with Gasteiger partial charge in [-0.15, -0.1) is 0 Å². The van der Waals surface area contributed by atoms with E-state index in [9.17, 15) is 14.4 Å². The van der Waals surface area contributed by atoms with E-state index in [0.29, 0.717) is 48.5 Å². The van der Waals surface area contributed by atoms with Crippen molar-refractivity contribution in [1.82, 2.24) is 4.90 Å². The van der Waals surface area contributed by atoms with Crippen LogP contribution in [0.4, 0.5) is 0 Å². The van der Waals surface area contributed by atoms with Crippen molar-refractivity contribution in [2.75, 3.05) is 13.1 Å². The number of fused-ring (bicyclic) bond motifs is 6. The molecule has 11 atom stereocenters. The number of piperidine rings is 1. The SMILES string of the molecule is CC1=C2C[C@H]3[C@@H](CC[C@@H]4CC(=O)C(C=O)C[C@@]43C)[C@@H]2CC[C@@]2(C1)O[C@@H]1C[C@H](C)CN(CC(=O)c3ccccc3)[C@H]1[C@H]2C.